The van der Waals surface area contributed by atoms with Gasteiger partial charge in [0.25, 0.3) is 5.91 Å². The van der Waals surface area contributed by atoms with Crippen molar-refractivity contribution < 1.29 is 19.7 Å². The van der Waals surface area contributed by atoms with Crippen LogP contribution in [0.25, 0.3) is 0 Å². The van der Waals surface area contributed by atoms with E-state index in [9.17, 15) is 15.0 Å². The maximum absolute atomic E-state index is 12.4. The van der Waals surface area contributed by atoms with Crippen molar-refractivity contribution in [3.63, 3.8) is 0 Å². The number of benzene rings is 1. The summed E-state index contributed by atoms with van der Waals surface area (Å²) in [7, 11) is 0. The van der Waals surface area contributed by atoms with Gasteiger partial charge in [-0.3, -0.25) is 4.79 Å². The van der Waals surface area contributed by atoms with Crippen LogP contribution in [-0.2, 0) is 4.74 Å². The molecule has 0 aliphatic carbocycles. The summed E-state index contributed by atoms with van der Waals surface area (Å²) in [5, 5.41) is 19.0. The molecule has 1 aliphatic rings. The highest BCUT2D eigenvalue weighted by Crippen LogP contribution is 2.27. The SMILES string of the molecule is CC1CN(C(=O)c2ccc(O)cc2O)CC(C)(C)O1. The minimum atomic E-state index is -0.403. The molecular formula is C14H19NO4. The maximum Gasteiger partial charge on any atom is 0.257 e. The lowest BCUT2D eigenvalue weighted by atomic mass is 10.0. The number of phenolic OH excluding ortho intramolecular Hbond substituents is 2. The molecule has 1 atom stereocenters. The molecule has 0 radical (unpaired) electrons. The Hall–Kier alpha value is -1.75. The molecule has 2 N–H and O–H groups in total. The highest BCUT2D eigenvalue weighted by Gasteiger charge is 2.34. The van der Waals surface area contributed by atoms with E-state index in [4.69, 9.17) is 4.74 Å². The monoisotopic (exact) mass is 265 g/mol. The van der Waals surface area contributed by atoms with Crippen molar-refractivity contribution in [2.24, 2.45) is 0 Å². The first-order valence-electron chi connectivity index (χ1n) is 6.27. The lowest BCUT2D eigenvalue weighted by Gasteiger charge is -2.41. The molecule has 1 aromatic rings. The number of hydrogen-bond acceptors (Lipinski definition) is 4. The van der Waals surface area contributed by atoms with Crippen molar-refractivity contribution in [2.45, 2.75) is 32.5 Å². The van der Waals surface area contributed by atoms with Crippen LogP contribution >= 0.6 is 0 Å². The fourth-order valence-corrected chi connectivity index (χ4v) is 2.48. The smallest absolute Gasteiger partial charge is 0.257 e. The van der Waals surface area contributed by atoms with Gasteiger partial charge in [-0.15, -0.1) is 0 Å². The number of nitrogens with zero attached hydrogens (tertiary/aromatic N) is 1. The van der Waals surface area contributed by atoms with Crippen LogP contribution in [0, 0.1) is 0 Å². The number of ether oxygens (including phenoxy) is 1. The van der Waals surface area contributed by atoms with Gasteiger partial charge >= 0.3 is 0 Å². The van der Waals surface area contributed by atoms with Crippen LogP contribution in [0.1, 0.15) is 31.1 Å². The first kappa shape index (κ1) is 13.7. The summed E-state index contributed by atoms with van der Waals surface area (Å²) >= 11 is 0. The predicted molar refractivity (Wildman–Crippen MR) is 70.3 cm³/mol. The van der Waals surface area contributed by atoms with Crippen LogP contribution in [0.15, 0.2) is 18.2 Å². The van der Waals surface area contributed by atoms with Crippen LogP contribution in [0.3, 0.4) is 0 Å². The Morgan fingerprint density at radius 1 is 1.42 bits per heavy atom. The van der Waals surface area contributed by atoms with E-state index in [1.165, 1.54) is 18.2 Å². The van der Waals surface area contributed by atoms with Crippen LogP contribution in [-0.4, -0.2) is 45.8 Å². The zero-order valence-electron chi connectivity index (χ0n) is 11.4. The molecule has 1 aliphatic heterocycles. The van der Waals surface area contributed by atoms with Crippen molar-refractivity contribution in [3.8, 4) is 11.5 Å². The van der Waals surface area contributed by atoms with Gasteiger partial charge < -0.3 is 19.8 Å². The fraction of sp³-hybridized carbons (Fsp3) is 0.500. The lowest BCUT2D eigenvalue weighted by Crippen LogP contribution is -2.53. The second kappa shape index (κ2) is 4.74. The van der Waals surface area contributed by atoms with E-state index < -0.39 is 5.60 Å². The van der Waals surface area contributed by atoms with Gasteiger partial charge in [0.15, 0.2) is 0 Å². The summed E-state index contributed by atoms with van der Waals surface area (Å²) in [6.07, 6.45) is -0.0491. The summed E-state index contributed by atoms with van der Waals surface area (Å²) in [4.78, 5) is 14.1. The molecule has 1 fully saturated rings. The van der Waals surface area contributed by atoms with Gasteiger partial charge in [0, 0.05) is 19.2 Å². The van der Waals surface area contributed by atoms with Gasteiger partial charge in [-0.1, -0.05) is 0 Å². The van der Waals surface area contributed by atoms with Gasteiger partial charge in [0.1, 0.15) is 11.5 Å². The van der Waals surface area contributed by atoms with Crippen LogP contribution in [0.2, 0.25) is 0 Å². The molecule has 1 unspecified atom stereocenters. The molecule has 0 bridgehead atoms. The third kappa shape index (κ3) is 2.98. The summed E-state index contributed by atoms with van der Waals surface area (Å²) in [5.41, 5.74) is -0.206. The molecule has 1 heterocycles. The van der Waals surface area contributed by atoms with E-state index in [0.717, 1.165) is 0 Å². The third-order valence-electron chi connectivity index (χ3n) is 3.07. The van der Waals surface area contributed by atoms with Gasteiger partial charge in [0.2, 0.25) is 0 Å². The Bertz CT molecular complexity index is 498. The van der Waals surface area contributed by atoms with Crippen molar-refractivity contribution >= 4 is 5.91 Å². The Kier molecular flexibility index (Phi) is 3.41. The number of aromatic hydroxyl groups is 2. The van der Waals surface area contributed by atoms with E-state index >= 15 is 0 Å². The highest BCUT2D eigenvalue weighted by molar-refractivity contribution is 5.97. The molecule has 1 saturated heterocycles. The lowest BCUT2D eigenvalue weighted by molar-refractivity contribution is -0.118. The molecule has 0 aromatic heterocycles. The molecule has 19 heavy (non-hydrogen) atoms. The summed E-state index contributed by atoms with van der Waals surface area (Å²) in [6.45, 7) is 6.73. The molecule has 0 spiro atoms. The van der Waals surface area contributed by atoms with Crippen LogP contribution in [0.4, 0.5) is 0 Å². The zero-order valence-corrected chi connectivity index (χ0v) is 11.4. The first-order chi connectivity index (χ1) is 8.78. The average molecular weight is 265 g/mol. The largest absolute Gasteiger partial charge is 0.508 e. The zero-order chi connectivity index (χ0) is 14.2. The minimum absolute atomic E-state index is 0.0491. The van der Waals surface area contributed by atoms with E-state index in [1.54, 1.807) is 4.90 Å². The number of hydrogen-bond donors (Lipinski definition) is 2. The van der Waals surface area contributed by atoms with E-state index in [0.29, 0.717) is 13.1 Å². The van der Waals surface area contributed by atoms with Crippen LogP contribution < -0.4 is 0 Å². The normalized spacial score (nSPS) is 22.3. The first-order valence-corrected chi connectivity index (χ1v) is 6.27. The number of phenols is 2. The minimum Gasteiger partial charge on any atom is -0.508 e. The van der Waals surface area contributed by atoms with Gasteiger partial charge in [0.05, 0.1) is 17.3 Å². The molecule has 2 rings (SSSR count). The fourth-order valence-electron chi connectivity index (χ4n) is 2.48. The Morgan fingerprint density at radius 2 is 2.11 bits per heavy atom. The summed E-state index contributed by atoms with van der Waals surface area (Å²) in [5.74, 6) is -0.521. The van der Waals surface area contributed by atoms with E-state index in [1.807, 2.05) is 20.8 Å². The molecule has 5 heteroatoms. The second-order valence-electron chi connectivity index (χ2n) is 5.58. The van der Waals surface area contributed by atoms with Crippen molar-refractivity contribution in [1.82, 2.24) is 4.90 Å². The van der Waals surface area contributed by atoms with Gasteiger partial charge in [-0.2, -0.15) is 0 Å². The van der Waals surface area contributed by atoms with Crippen molar-refractivity contribution in [1.29, 1.82) is 0 Å². The number of amides is 1. The van der Waals surface area contributed by atoms with E-state index in [-0.39, 0.29) is 29.1 Å². The summed E-state index contributed by atoms with van der Waals surface area (Å²) < 4.78 is 5.74. The number of rotatable bonds is 1. The summed E-state index contributed by atoms with van der Waals surface area (Å²) in [6, 6.07) is 3.99. The Morgan fingerprint density at radius 3 is 2.68 bits per heavy atom. The molecule has 104 valence electrons. The molecule has 1 amide bonds. The second-order valence-corrected chi connectivity index (χ2v) is 5.58. The van der Waals surface area contributed by atoms with Crippen molar-refractivity contribution in [2.75, 3.05) is 13.1 Å². The Balaban J connectivity index is 2.24. The maximum atomic E-state index is 12.4. The van der Waals surface area contributed by atoms with Crippen LogP contribution in [0.5, 0.6) is 11.5 Å². The average Bonchev–Trinajstić information content (AvgIpc) is 2.25. The Labute approximate surface area is 112 Å². The standard InChI is InChI=1S/C14H19NO4/c1-9-7-15(8-14(2,3)19-9)13(18)11-5-4-10(16)6-12(11)17/h4-6,9,16-17H,7-8H2,1-3H3. The molecule has 1 aromatic carbocycles. The van der Waals surface area contributed by atoms with E-state index in [2.05, 4.69) is 0 Å². The van der Waals surface area contributed by atoms with Gasteiger partial charge in [-0.25, -0.2) is 0 Å². The third-order valence-corrected chi connectivity index (χ3v) is 3.07. The van der Waals surface area contributed by atoms with Crippen molar-refractivity contribution in [3.05, 3.63) is 23.8 Å². The number of morpholine rings is 1. The highest BCUT2D eigenvalue weighted by atomic mass is 16.5. The molecular weight excluding hydrogens is 246 g/mol. The topological polar surface area (TPSA) is 70.0 Å². The molecule has 5 nitrogen and oxygen atoms in total. The number of carbonyl (C=O) groups is 1. The number of carbonyl (C=O) groups excluding carboxylic acids is 1. The predicted octanol–water partition coefficient (Wildman–Crippen LogP) is 1.74. The molecule has 0 saturated carbocycles. The van der Waals surface area contributed by atoms with Gasteiger partial charge in [-0.05, 0) is 32.9 Å². The quantitative estimate of drug-likeness (QED) is 0.811.